The molecule has 1 amide bonds. The molecule has 1 heterocycles. The second-order valence-electron chi connectivity index (χ2n) is 8.09. The first-order valence-corrected chi connectivity index (χ1v) is 10.8. The Hall–Kier alpha value is -3.11. The van der Waals surface area contributed by atoms with Crippen LogP contribution in [0.2, 0.25) is 0 Å². The molecule has 160 valence electrons. The molecule has 0 aliphatic carbocycles. The molecule has 0 spiro atoms. The van der Waals surface area contributed by atoms with Gasteiger partial charge in [-0.25, -0.2) is 0 Å². The van der Waals surface area contributed by atoms with E-state index in [1.54, 1.807) is 7.11 Å². The number of ether oxygens (including phenoxy) is 2. The van der Waals surface area contributed by atoms with Crippen molar-refractivity contribution in [2.24, 2.45) is 0 Å². The van der Waals surface area contributed by atoms with Crippen molar-refractivity contribution in [3.63, 3.8) is 0 Å². The summed E-state index contributed by atoms with van der Waals surface area (Å²) in [5, 5.41) is 0. The highest BCUT2D eigenvalue weighted by Gasteiger charge is 2.24. The van der Waals surface area contributed by atoms with Gasteiger partial charge in [0.1, 0.15) is 5.75 Å². The van der Waals surface area contributed by atoms with Crippen LogP contribution in [0.5, 0.6) is 5.75 Å². The Labute approximate surface area is 184 Å². The maximum absolute atomic E-state index is 13.4. The number of carbonyl (C=O) groups is 1. The summed E-state index contributed by atoms with van der Waals surface area (Å²) in [5.74, 6) is 0.857. The smallest absolute Gasteiger partial charge is 0.254 e. The number of amides is 1. The lowest BCUT2D eigenvalue weighted by atomic mass is 10.0. The Morgan fingerprint density at radius 2 is 1.84 bits per heavy atom. The predicted octanol–water partition coefficient (Wildman–Crippen LogP) is 5.49. The number of carbonyl (C=O) groups excluding carboxylic acids is 1. The van der Waals surface area contributed by atoms with E-state index in [-0.39, 0.29) is 12.0 Å². The van der Waals surface area contributed by atoms with E-state index in [0.717, 1.165) is 41.9 Å². The fourth-order valence-corrected chi connectivity index (χ4v) is 4.08. The van der Waals surface area contributed by atoms with E-state index < -0.39 is 0 Å². The van der Waals surface area contributed by atoms with Gasteiger partial charge in [-0.15, -0.1) is 0 Å². The van der Waals surface area contributed by atoms with Crippen LogP contribution in [0.1, 0.15) is 34.3 Å². The van der Waals surface area contributed by atoms with Gasteiger partial charge in [-0.05, 0) is 55.2 Å². The lowest BCUT2D eigenvalue weighted by Gasteiger charge is -2.26. The van der Waals surface area contributed by atoms with E-state index in [1.165, 1.54) is 5.56 Å². The van der Waals surface area contributed by atoms with E-state index in [1.807, 2.05) is 59.5 Å². The van der Waals surface area contributed by atoms with Crippen LogP contribution in [0.25, 0.3) is 11.1 Å². The minimum Gasteiger partial charge on any atom is -0.496 e. The van der Waals surface area contributed by atoms with E-state index in [4.69, 9.17) is 9.47 Å². The van der Waals surface area contributed by atoms with Crippen LogP contribution < -0.4 is 4.74 Å². The highest BCUT2D eigenvalue weighted by molar-refractivity contribution is 5.95. The zero-order valence-corrected chi connectivity index (χ0v) is 18.2. The third-order valence-corrected chi connectivity index (χ3v) is 5.75. The molecule has 4 rings (SSSR count). The van der Waals surface area contributed by atoms with Crippen LogP contribution in [0.3, 0.4) is 0 Å². The largest absolute Gasteiger partial charge is 0.496 e. The molecule has 4 nitrogen and oxygen atoms in total. The third-order valence-electron chi connectivity index (χ3n) is 5.75. The first kappa shape index (κ1) is 21.1. The molecule has 0 aromatic heterocycles. The average molecular weight is 416 g/mol. The predicted molar refractivity (Wildman–Crippen MR) is 123 cm³/mol. The third kappa shape index (κ3) is 5.15. The molecule has 1 atom stereocenters. The number of benzene rings is 3. The van der Waals surface area contributed by atoms with Gasteiger partial charge in [-0.2, -0.15) is 0 Å². The molecule has 1 saturated heterocycles. The van der Waals surface area contributed by atoms with Gasteiger partial charge in [0.25, 0.3) is 5.91 Å². The highest BCUT2D eigenvalue weighted by Crippen LogP contribution is 2.31. The van der Waals surface area contributed by atoms with Gasteiger partial charge in [-0.3, -0.25) is 4.79 Å². The fraction of sp³-hybridized carbons (Fsp3) is 0.296. The lowest BCUT2D eigenvalue weighted by Crippen LogP contribution is -2.36. The molecular weight excluding hydrogens is 386 g/mol. The summed E-state index contributed by atoms with van der Waals surface area (Å²) in [7, 11) is 1.68. The monoisotopic (exact) mass is 415 g/mol. The normalized spacial score (nSPS) is 15.6. The summed E-state index contributed by atoms with van der Waals surface area (Å²) >= 11 is 0. The Balaban J connectivity index is 1.57. The molecule has 1 unspecified atom stereocenters. The zero-order valence-electron chi connectivity index (χ0n) is 18.2. The quantitative estimate of drug-likeness (QED) is 0.512. The average Bonchev–Trinajstić information content (AvgIpc) is 3.32. The fourth-order valence-electron chi connectivity index (χ4n) is 4.08. The molecule has 31 heavy (non-hydrogen) atoms. The van der Waals surface area contributed by atoms with Gasteiger partial charge in [-0.1, -0.05) is 54.1 Å². The number of nitrogens with zero attached hydrogens (tertiary/aromatic N) is 1. The molecule has 0 N–H and O–H groups in total. The Morgan fingerprint density at radius 1 is 1.06 bits per heavy atom. The van der Waals surface area contributed by atoms with Crippen LogP contribution in [0.15, 0.2) is 72.8 Å². The maximum atomic E-state index is 13.4. The summed E-state index contributed by atoms with van der Waals surface area (Å²) in [5.41, 5.74) is 5.04. The molecule has 0 bridgehead atoms. The van der Waals surface area contributed by atoms with Crippen LogP contribution in [-0.4, -0.2) is 37.2 Å². The first-order valence-electron chi connectivity index (χ1n) is 10.8. The number of hydrogen-bond acceptors (Lipinski definition) is 3. The van der Waals surface area contributed by atoms with E-state index in [2.05, 4.69) is 25.1 Å². The summed E-state index contributed by atoms with van der Waals surface area (Å²) in [6.07, 6.45) is 2.18. The Morgan fingerprint density at radius 3 is 2.52 bits per heavy atom. The van der Waals surface area contributed by atoms with Crippen LogP contribution in [-0.2, 0) is 11.3 Å². The highest BCUT2D eigenvalue weighted by atomic mass is 16.5. The standard InChI is InChI=1S/C27H29NO3/c1-20-10-15-26(30-2)25(17-20)22-11-13-23(14-12-22)27(29)28(19-24-9-6-16-31-24)18-21-7-4-3-5-8-21/h3-5,7-8,10-15,17,24H,6,9,16,18-19H2,1-2H3. The zero-order chi connectivity index (χ0) is 21.6. The molecule has 3 aromatic rings. The van der Waals surface area contributed by atoms with Crippen molar-refractivity contribution in [2.75, 3.05) is 20.3 Å². The van der Waals surface area contributed by atoms with E-state index in [0.29, 0.717) is 18.7 Å². The molecule has 1 aliphatic heterocycles. The summed E-state index contributed by atoms with van der Waals surface area (Å²) in [6, 6.07) is 24.1. The second kappa shape index (κ2) is 9.80. The van der Waals surface area contributed by atoms with Gasteiger partial charge < -0.3 is 14.4 Å². The Kier molecular flexibility index (Phi) is 6.68. The minimum absolute atomic E-state index is 0.0297. The second-order valence-corrected chi connectivity index (χ2v) is 8.09. The van der Waals surface area contributed by atoms with Crippen molar-refractivity contribution in [1.82, 2.24) is 4.90 Å². The van der Waals surface area contributed by atoms with Crippen LogP contribution >= 0.6 is 0 Å². The van der Waals surface area contributed by atoms with Crippen LogP contribution in [0.4, 0.5) is 0 Å². The van der Waals surface area contributed by atoms with Gasteiger partial charge >= 0.3 is 0 Å². The van der Waals surface area contributed by atoms with Crippen molar-refractivity contribution in [3.8, 4) is 16.9 Å². The summed E-state index contributed by atoms with van der Waals surface area (Å²) in [6.45, 7) is 4.03. The summed E-state index contributed by atoms with van der Waals surface area (Å²) < 4.78 is 11.3. The molecule has 1 aliphatic rings. The molecule has 0 saturated carbocycles. The molecule has 0 radical (unpaired) electrons. The minimum atomic E-state index is 0.0297. The van der Waals surface area contributed by atoms with E-state index >= 15 is 0 Å². The summed E-state index contributed by atoms with van der Waals surface area (Å²) in [4.78, 5) is 15.3. The van der Waals surface area contributed by atoms with Crippen molar-refractivity contribution < 1.29 is 14.3 Å². The van der Waals surface area contributed by atoms with Gasteiger partial charge in [0, 0.05) is 30.8 Å². The van der Waals surface area contributed by atoms with Gasteiger partial charge in [0.05, 0.1) is 13.2 Å². The maximum Gasteiger partial charge on any atom is 0.254 e. The van der Waals surface area contributed by atoms with Gasteiger partial charge in [0.2, 0.25) is 0 Å². The topological polar surface area (TPSA) is 38.8 Å². The van der Waals surface area contributed by atoms with Crippen molar-refractivity contribution >= 4 is 5.91 Å². The number of hydrogen-bond donors (Lipinski definition) is 0. The van der Waals surface area contributed by atoms with Gasteiger partial charge in [0.15, 0.2) is 0 Å². The molecule has 3 aromatic carbocycles. The molecule has 1 fully saturated rings. The number of methoxy groups -OCH3 is 1. The first-order chi connectivity index (χ1) is 15.1. The lowest BCUT2D eigenvalue weighted by molar-refractivity contribution is 0.0507. The molecule has 4 heteroatoms. The Bertz CT molecular complexity index is 1010. The van der Waals surface area contributed by atoms with Crippen molar-refractivity contribution in [1.29, 1.82) is 0 Å². The van der Waals surface area contributed by atoms with Crippen molar-refractivity contribution in [3.05, 3.63) is 89.5 Å². The SMILES string of the molecule is COc1ccc(C)cc1-c1ccc(C(=O)N(Cc2ccccc2)CC2CCCO2)cc1. The van der Waals surface area contributed by atoms with Crippen molar-refractivity contribution in [2.45, 2.75) is 32.4 Å². The number of rotatable bonds is 7. The molecular formula is C27H29NO3. The van der Waals surface area contributed by atoms with E-state index in [9.17, 15) is 4.79 Å². The van der Waals surface area contributed by atoms with Crippen LogP contribution in [0, 0.1) is 6.92 Å². The number of aryl methyl sites for hydroxylation is 1.